The number of carbonyl (C=O) groups excluding carboxylic acids is 2. The van der Waals surface area contributed by atoms with E-state index in [9.17, 15) is 9.59 Å². The minimum absolute atomic E-state index is 0.176. The summed E-state index contributed by atoms with van der Waals surface area (Å²) in [7, 11) is 1.35. The molecular weight excluding hydrogens is 348 g/mol. The number of hydrogen-bond acceptors (Lipinski definition) is 5. The molecule has 6 heteroatoms. The lowest BCUT2D eigenvalue weighted by Gasteiger charge is -2.06. The van der Waals surface area contributed by atoms with Crippen LogP contribution in [0.5, 0.6) is 0 Å². The van der Waals surface area contributed by atoms with E-state index in [-0.39, 0.29) is 11.9 Å². The van der Waals surface area contributed by atoms with Crippen molar-refractivity contribution in [2.75, 3.05) is 12.4 Å². The number of hydrogen-bond donors (Lipinski definition) is 1. The van der Waals surface area contributed by atoms with Crippen LogP contribution in [0.4, 0.5) is 5.13 Å². The third-order valence-electron chi connectivity index (χ3n) is 3.95. The normalized spacial score (nSPS) is 10.4. The number of nitrogens with one attached hydrogen (secondary N) is 1. The highest BCUT2D eigenvalue weighted by Gasteiger charge is 2.13. The van der Waals surface area contributed by atoms with Crippen LogP contribution >= 0.6 is 11.3 Å². The Kier molecular flexibility index (Phi) is 5.14. The molecule has 3 rings (SSSR count). The monoisotopic (exact) mass is 366 g/mol. The van der Waals surface area contributed by atoms with E-state index >= 15 is 0 Å². The number of amides is 1. The minimum Gasteiger partial charge on any atom is -0.465 e. The molecule has 0 bridgehead atoms. The summed E-state index contributed by atoms with van der Waals surface area (Å²) in [6, 6.07) is 12.7. The second-order valence-corrected chi connectivity index (χ2v) is 6.74. The Morgan fingerprint density at radius 3 is 2.46 bits per heavy atom. The predicted molar refractivity (Wildman–Crippen MR) is 103 cm³/mol. The van der Waals surface area contributed by atoms with Gasteiger partial charge in [0.1, 0.15) is 0 Å². The summed E-state index contributed by atoms with van der Waals surface area (Å²) in [6.07, 6.45) is 0. The van der Waals surface area contributed by atoms with Gasteiger partial charge in [-0.15, -0.1) is 11.3 Å². The molecule has 3 aromatic rings. The van der Waals surface area contributed by atoms with E-state index in [1.54, 1.807) is 24.3 Å². The number of nitrogens with zero attached hydrogens (tertiary/aromatic N) is 1. The van der Waals surface area contributed by atoms with E-state index in [4.69, 9.17) is 0 Å². The van der Waals surface area contributed by atoms with Gasteiger partial charge in [-0.2, -0.15) is 0 Å². The van der Waals surface area contributed by atoms with Gasteiger partial charge in [-0.25, -0.2) is 9.78 Å². The molecule has 0 aliphatic carbocycles. The first-order valence-corrected chi connectivity index (χ1v) is 8.89. The quantitative estimate of drug-likeness (QED) is 0.692. The van der Waals surface area contributed by atoms with E-state index in [0.29, 0.717) is 16.3 Å². The highest BCUT2D eigenvalue weighted by Crippen LogP contribution is 2.26. The highest BCUT2D eigenvalue weighted by atomic mass is 32.1. The Labute approximate surface area is 155 Å². The van der Waals surface area contributed by atoms with E-state index in [1.807, 2.05) is 37.4 Å². The molecule has 0 saturated heterocycles. The zero-order valence-electron chi connectivity index (χ0n) is 14.7. The van der Waals surface area contributed by atoms with Crippen molar-refractivity contribution in [1.29, 1.82) is 0 Å². The topological polar surface area (TPSA) is 68.3 Å². The summed E-state index contributed by atoms with van der Waals surface area (Å²) in [4.78, 5) is 28.4. The molecule has 0 atom stereocenters. The fourth-order valence-electron chi connectivity index (χ4n) is 2.59. The average Bonchev–Trinajstić information content (AvgIpc) is 3.09. The lowest BCUT2D eigenvalue weighted by Crippen LogP contribution is -2.13. The first kappa shape index (κ1) is 17.8. The van der Waals surface area contributed by atoms with Gasteiger partial charge < -0.3 is 4.74 Å². The zero-order valence-corrected chi connectivity index (χ0v) is 15.5. The number of esters is 1. The number of aromatic nitrogens is 1. The van der Waals surface area contributed by atoms with Crippen LogP contribution in [0.25, 0.3) is 11.3 Å². The maximum absolute atomic E-state index is 12.4. The summed E-state index contributed by atoms with van der Waals surface area (Å²) in [5, 5.41) is 5.24. The maximum Gasteiger partial charge on any atom is 0.337 e. The molecule has 0 aliphatic heterocycles. The number of thiazole rings is 1. The van der Waals surface area contributed by atoms with Crippen molar-refractivity contribution >= 4 is 28.3 Å². The molecule has 0 spiro atoms. The Morgan fingerprint density at radius 2 is 1.81 bits per heavy atom. The Bertz CT molecular complexity index is 961. The van der Waals surface area contributed by atoms with E-state index in [0.717, 1.165) is 22.4 Å². The van der Waals surface area contributed by atoms with Crippen molar-refractivity contribution in [1.82, 2.24) is 4.98 Å². The summed E-state index contributed by atoms with van der Waals surface area (Å²) >= 11 is 1.36. The molecule has 26 heavy (non-hydrogen) atoms. The smallest absolute Gasteiger partial charge is 0.337 e. The van der Waals surface area contributed by atoms with Crippen LogP contribution in [0.2, 0.25) is 0 Å². The number of ether oxygens (including phenoxy) is 1. The standard InChI is InChI=1S/C20H18N2O3S/c1-12-4-9-16(13(2)10-12)18(23)22-20-21-17(11-26-20)14-5-7-15(8-6-14)19(24)25-3/h4-11H,1-3H3,(H,21,22,23). The van der Waals surface area contributed by atoms with E-state index in [2.05, 4.69) is 15.0 Å². The predicted octanol–water partition coefficient (Wildman–Crippen LogP) is 4.47. The minimum atomic E-state index is -0.378. The molecule has 1 amide bonds. The molecule has 0 aliphatic rings. The molecule has 0 unspecified atom stereocenters. The first-order chi connectivity index (χ1) is 12.5. The van der Waals surface area contributed by atoms with Crippen molar-refractivity contribution in [3.05, 3.63) is 70.1 Å². The Balaban J connectivity index is 1.75. The molecule has 1 heterocycles. The SMILES string of the molecule is COC(=O)c1ccc(-c2csc(NC(=O)c3ccc(C)cc3C)n2)cc1. The van der Waals surface area contributed by atoms with E-state index in [1.165, 1.54) is 18.4 Å². The fraction of sp³-hybridized carbons (Fsp3) is 0.150. The number of carbonyl (C=O) groups is 2. The van der Waals surface area contributed by atoms with Crippen molar-refractivity contribution in [3.8, 4) is 11.3 Å². The second kappa shape index (κ2) is 7.49. The van der Waals surface area contributed by atoms with Crippen molar-refractivity contribution in [2.24, 2.45) is 0 Å². The Morgan fingerprint density at radius 1 is 1.08 bits per heavy atom. The van der Waals surface area contributed by atoms with Crippen LogP contribution in [0, 0.1) is 13.8 Å². The first-order valence-electron chi connectivity index (χ1n) is 8.01. The molecule has 5 nitrogen and oxygen atoms in total. The van der Waals surface area contributed by atoms with Gasteiger partial charge in [0.2, 0.25) is 0 Å². The van der Waals surface area contributed by atoms with E-state index < -0.39 is 0 Å². The number of aryl methyl sites for hydroxylation is 2. The lowest BCUT2D eigenvalue weighted by molar-refractivity contribution is 0.0600. The summed E-state index contributed by atoms with van der Waals surface area (Å²) in [5.74, 6) is -0.555. The number of methoxy groups -OCH3 is 1. The third kappa shape index (κ3) is 3.81. The van der Waals surface area contributed by atoms with Crippen LogP contribution in [0.1, 0.15) is 31.8 Å². The highest BCUT2D eigenvalue weighted by molar-refractivity contribution is 7.14. The summed E-state index contributed by atoms with van der Waals surface area (Å²) in [6.45, 7) is 3.91. The molecule has 2 aromatic carbocycles. The van der Waals surface area contributed by atoms with Gasteiger partial charge in [0, 0.05) is 16.5 Å². The van der Waals surface area contributed by atoms with Gasteiger partial charge in [0.25, 0.3) is 5.91 Å². The lowest BCUT2D eigenvalue weighted by atomic mass is 10.1. The van der Waals surface area contributed by atoms with Gasteiger partial charge in [-0.05, 0) is 37.6 Å². The van der Waals surface area contributed by atoms with Crippen molar-refractivity contribution < 1.29 is 14.3 Å². The van der Waals surface area contributed by atoms with Crippen LogP contribution in [-0.2, 0) is 4.74 Å². The largest absolute Gasteiger partial charge is 0.465 e. The zero-order chi connectivity index (χ0) is 18.7. The second-order valence-electron chi connectivity index (χ2n) is 5.88. The van der Waals surface area contributed by atoms with Gasteiger partial charge in [-0.1, -0.05) is 29.8 Å². The average molecular weight is 366 g/mol. The molecule has 0 fully saturated rings. The fourth-order valence-corrected chi connectivity index (χ4v) is 3.31. The number of anilines is 1. The van der Waals surface area contributed by atoms with Crippen molar-refractivity contribution in [3.63, 3.8) is 0 Å². The van der Waals surface area contributed by atoms with Gasteiger partial charge in [0.15, 0.2) is 5.13 Å². The van der Waals surface area contributed by atoms with Gasteiger partial charge in [0.05, 0.1) is 18.4 Å². The van der Waals surface area contributed by atoms with Crippen LogP contribution in [-0.4, -0.2) is 24.0 Å². The third-order valence-corrected chi connectivity index (χ3v) is 4.71. The van der Waals surface area contributed by atoms with Crippen LogP contribution in [0.15, 0.2) is 47.8 Å². The number of benzene rings is 2. The molecule has 1 N–H and O–H groups in total. The molecule has 132 valence electrons. The van der Waals surface area contributed by atoms with Crippen molar-refractivity contribution in [2.45, 2.75) is 13.8 Å². The van der Waals surface area contributed by atoms with Crippen LogP contribution in [0.3, 0.4) is 0 Å². The molecule has 1 aromatic heterocycles. The number of rotatable bonds is 4. The van der Waals surface area contributed by atoms with Crippen LogP contribution < -0.4 is 5.32 Å². The Hall–Kier alpha value is -2.99. The maximum atomic E-state index is 12.4. The molecule has 0 radical (unpaired) electrons. The molecular formula is C20H18N2O3S. The molecule has 0 saturated carbocycles. The van der Waals surface area contributed by atoms with Gasteiger partial charge in [-0.3, -0.25) is 10.1 Å². The summed E-state index contributed by atoms with van der Waals surface area (Å²) < 4.78 is 4.69. The van der Waals surface area contributed by atoms with Gasteiger partial charge >= 0.3 is 5.97 Å². The summed E-state index contributed by atoms with van der Waals surface area (Å²) in [5.41, 5.74) is 4.76.